The average Bonchev–Trinajstić information content (AvgIpc) is 2.67. The maximum absolute atomic E-state index is 13.2. The van der Waals surface area contributed by atoms with Crippen LogP contribution in [0, 0.1) is 29.5 Å². The first kappa shape index (κ1) is 21.3. The number of amides is 1. The first-order chi connectivity index (χ1) is 13.0. The molecule has 1 amide bonds. The van der Waals surface area contributed by atoms with Gasteiger partial charge >= 0.3 is 0 Å². The number of hydrogen-bond acceptors (Lipinski definition) is 3. The van der Waals surface area contributed by atoms with E-state index >= 15 is 0 Å². The van der Waals surface area contributed by atoms with Crippen LogP contribution in [0.5, 0.6) is 0 Å². The van der Waals surface area contributed by atoms with Crippen LogP contribution in [-0.2, 0) is 4.79 Å². The molecule has 3 fully saturated rings. The van der Waals surface area contributed by atoms with Gasteiger partial charge in [0.15, 0.2) is 5.78 Å². The van der Waals surface area contributed by atoms with Crippen LogP contribution < -0.4 is 5.73 Å². The summed E-state index contributed by atoms with van der Waals surface area (Å²) >= 11 is 0. The van der Waals surface area contributed by atoms with Gasteiger partial charge in [0.2, 0.25) is 5.91 Å². The number of halogens is 2. The molecule has 2 bridgehead atoms. The third-order valence-corrected chi connectivity index (χ3v) is 6.99. The van der Waals surface area contributed by atoms with E-state index in [1.165, 1.54) is 18.6 Å². The molecule has 154 valence electrons. The zero-order chi connectivity index (χ0) is 19.0. The number of piperidine rings is 1. The quantitative estimate of drug-likeness (QED) is 0.773. The summed E-state index contributed by atoms with van der Waals surface area (Å²) in [7, 11) is 0. The number of likely N-dealkylation sites (tertiary alicyclic amines) is 1. The molecule has 28 heavy (non-hydrogen) atoms. The third-order valence-electron chi connectivity index (χ3n) is 6.99. The molecule has 1 aromatic rings. The van der Waals surface area contributed by atoms with Crippen molar-refractivity contribution < 1.29 is 14.0 Å². The van der Waals surface area contributed by atoms with Crippen LogP contribution in [0.3, 0.4) is 0 Å². The number of carbonyl (C=O) groups is 2. The molecule has 1 aromatic carbocycles. The Morgan fingerprint density at radius 3 is 2.25 bits per heavy atom. The summed E-state index contributed by atoms with van der Waals surface area (Å²) in [6, 6.07) is 5.99. The van der Waals surface area contributed by atoms with Gasteiger partial charge in [0.25, 0.3) is 0 Å². The second-order valence-electron chi connectivity index (χ2n) is 8.69. The van der Waals surface area contributed by atoms with Gasteiger partial charge in [-0.15, -0.1) is 12.4 Å². The standard InChI is InChI=1S/C22H29FN2O2.ClH/c23-19-8-6-14(7-9-19)21(26)17-5-2-10-25(13-17)22(27)18-11-15-3-1-4-16(12-18)20(15)24;/h6-9,15-18,20H,1-5,10-13,24H2;1H. The fraction of sp³-hybridized carbons (Fsp3) is 0.636. The van der Waals surface area contributed by atoms with Crippen LogP contribution in [0.1, 0.15) is 55.3 Å². The van der Waals surface area contributed by atoms with E-state index in [0.29, 0.717) is 23.9 Å². The molecule has 6 heteroatoms. The Morgan fingerprint density at radius 2 is 1.61 bits per heavy atom. The van der Waals surface area contributed by atoms with Gasteiger partial charge < -0.3 is 10.6 Å². The molecule has 0 spiro atoms. The number of carbonyl (C=O) groups excluding carboxylic acids is 2. The highest BCUT2D eigenvalue weighted by Gasteiger charge is 2.42. The third kappa shape index (κ3) is 4.25. The molecule has 0 aromatic heterocycles. The molecule has 1 aliphatic heterocycles. The molecule has 0 radical (unpaired) electrons. The van der Waals surface area contributed by atoms with Crippen molar-refractivity contribution in [1.82, 2.24) is 4.90 Å². The van der Waals surface area contributed by atoms with E-state index in [9.17, 15) is 14.0 Å². The van der Waals surface area contributed by atoms with Gasteiger partial charge in [-0.25, -0.2) is 4.39 Å². The Hall–Kier alpha value is -1.46. The van der Waals surface area contributed by atoms with Gasteiger partial charge in [-0.05, 0) is 74.6 Å². The zero-order valence-electron chi connectivity index (χ0n) is 16.2. The minimum absolute atomic E-state index is 0. The van der Waals surface area contributed by atoms with Gasteiger partial charge in [0.05, 0.1) is 0 Å². The highest BCUT2D eigenvalue weighted by atomic mass is 35.5. The van der Waals surface area contributed by atoms with Crippen LogP contribution in [-0.4, -0.2) is 35.7 Å². The Morgan fingerprint density at radius 1 is 0.964 bits per heavy atom. The number of Topliss-reactive ketones (excluding diaryl/α,β-unsaturated/α-hetero) is 1. The Labute approximate surface area is 172 Å². The fourth-order valence-electron chi connectivity index (χ4n) is 5.49. The SMILES string of the molecule is Cl.NC1C2CCCC1CC(C(=O)N1CCCC(C(=O)c3ccc(F)cc3)C1)C2. The lowest BCUT2D eigenvalue weighted by Gasteiger charge is -2.45. The second kappa shape index (κ2) is 8.91. The molecule has 3 atom stereocenters. The lowest BCUT2D eigenvalue weighted by molar-refractivity contribution is -0.140. The maximum Gasteiger partial charge on any atom is 0.225 e. The van der Waals surface area contributed by atoms with Crippen molar-refractivity contribution in [1.29, 1.82) is 0 Å². The largest absolute Gasteiger partial charge is 0.342 e. The van der Waals surface area contributed by atoms with Gasteiger partial charge in [-0.1, -0.05) is 6.42 Å². The van der Waals surface area contributed by atoms with Crippen LogP contribution >= 0.6 is 12.4 Å². The lowest BCUT2D eigenvalue weighted by atomic mass is 9.65. The van der Waals surface area contributed by atoms with E-state index in [2.05, 4.69) is 0 Å². The van der Waals surface area contributed by atoms with E-state index < -0.39 is 0 Å². The minimum Gasteiger partial charge on any atom is -0.342 e. The normalized spacial score (nSPS) is 32.4. The van der Waals surface area contributed by atoms with Gasteiger partial charge in [0.1, 0.15) is 5.82 Å². The van der Waals surface area contributed by atoms with Crippen molar-refractivity contribution in [3.05, 3.63) is 35.6 Å². The summed E-state index contributed by atoms with van der Waals surface area (Å²) in [6.45, 7) is 1.23. The Bertz CT molecular complexity index is 697. The van der Waals surface area contributed by atoms with Crippen molar-refractivity contribution in [2.45, 2.75) is 51.0 Å². The van der Waals surface area contributed by atoms with E-state index in [1.807, 2.05) is 4.90 Å². The topological polar surface area (TPSA) is 63.4 Å². The highest BCUT2D eigenvalue weighted by molar-refractivity contribution is 5.98. The van der Waals surface area contributed by atoms with Crippen molar-refractivity contribution in [3.8, 4) is 0 Å². The number of ketones is 1. The predicted octanol–water partition coefficient (Wildman–Crippen LogP) is 3.82. The zero-order valence-corrected chi connectivity index (χ0v) is 17.0. The smallest absolute Gasteiger partial charge is 0.225 e. The maximum atomic E-state index is 13.2. The number of hydrogen-bond donors (Lipinski definition) is 1. The van der Waals surface area contributed by atoms with Crippen molar-refractivity contribution >= 4 is 24.1 Å². The molecule has 4 rings (SSSR count). The minimum atomic E-state index is -0.340. The first-order valence-electron chi connectivity index (χ1n) is 10.4. The summed E-state index contributed by atoms with van der Waals surface area (Å²) in [4.78, 5) is 27.9. The van der Waals surface area contributed by atoms with Gasteiger partial charge in [-0.2, -0.15) is 0 Å². The molecule has 4 nitrogen and oxygen atoms in total. The number of fused-ring (bicyclic) bond motifs is 2. The number of nitrogens with zero attached hydrogens (tertiary/aromatic N) is 1. The molecule has 1 saturated heterocycles. The molecule has 2 saturated carbocycles. The fourth-order valence-corrected chi connectivity index (χ4v) is 5.49. The summed E-state index contributed by atoms with van der Waals surface area (Å²) in [5.41, 5.74) is 6.90. The molecule has 1 heterocycles. The van der Waals surface area contributed by atoms with E-state index in [0.717, 1.165) is 45.1 Å². The molecular weight excluding hydrogens is 379 g/mol. The second-order valence-corrected chi connectivity index (χ2v) is 8.69. The van der Waals surface area contributed by atoms with Gasteiger partial charge in [-0.3, -0.25) is 9.59 Å². The summed E-state index contributed by atoms with van der Waals surface area (Å²) in [5.74, 6) is 0.748. The number of benzene rings is 1. The van der Waals surface area contributed by atoms with Crippen LogP contribution in [0.25, 0.3) is 0 Å². The highest BCUT2D eigenvalue weighted by Crippen LogP contribution is 2.42. The summed E-state index contributed by atoms with van der Waals surface area (Å²) in [5, 5.41) is 0. The first-order valence-corrected chi connectivity index (χ1v) is 10.4. The molecule has 3 aliphatic rings. The van der Waals surface area contributed by atoms with Crippen molar-refractivity contribution in [3.63, 3.8) is 0 Å². The molecular formula is C22H30ClFN2O2. The Balaban J connectivity index is 0.00000225. The van der Waals surface area contributed by atoms with E-state index in [-0.39, 0.29) is 47.8 Å². The number of rotatable bonds is 3. The monoisotopic (exact) mass is 408 g/mol. The van der Waals surface area contributed by atoms with E-state index in [4.69, 9.17) is 5.73 Å². The van der Waals surface area contributed by atoms with E-state index in [1.54, 1.807) is 12.1 Å². The van der Waals surface area contributed by atoms with Crippen molar-refractivity contribution in [2.24, 2.45) is 29.4 Å². The molecule has 3 unspecified atom stereocenters. The predicted molar refractivity (Wildman–Crippen MR) is 109 cm³/mol. The molecule has 2 N–H and O–H groups in total. The van der Waals surface area contributed by atoms with Crippen LogP contribution in [0.4, 0.5) is 4.39 Å². The Kier molecular flexibility index (Phi) is 6.77. The average molecular weight is 409 g/mol. The van der Waals surface area contributed by atoms with Crippen LogP contribution in [0.15, 0.2) is 24.3 Å². The number of nitrogens with two attached hydrogens (primary N) is 1. The summed E-state index contributed by atoms with van der Waals surface area (Å²) in [6.07, 6.45) is 6.98. The van der Waals surface area contributed by atoms with Crippen molar-refractivity contribution in [2.75, 3.05) is 13.1 Å². The van der Waals surface area contributed by atoms with Gasteiger partial charge in [0, 0.05) is 36.5 Å². The molecule has 2 aliphatic carbocycles. The van der Waals surface area contributed by atoms with Crippen LogP contribution in [0.2, 0.25) is 0 Å². The lowest BCUT2D eigenvalue weighted by Crippen LogP contribution is -2.51. The summed E-state index contributed by atoms with van der Waals surface area (Å²) < 4.78 is 13.1.